The first-order valence-electron chi connectivity index (χ1n) is 12.5. The number of methoxy groups -OCH3 is 1. The molecule has 0 atom stereocenters. The normalized spacial score (nSPS) is 14.9. The van der Waals surface area contributed by atoms with Crippen molar-refractivity contribution in [1.82, 2.24) is 15.1 Å². The van der Waals surface area contributed by atoms with Crippen molar-refractivity contribution in [3.63, 3.8) is 0 Å². The summed E-state index contributed by atoms with van der Waals surface area (Å²) in [5.74, 6) is -2.11. The number of piperidine rings is 1. The Morgan fingerprint density at radius 2 is 1.62 bits per heavy atom. The van der Waals surface area contributed by atoms with Crippen LogP contribution < -0.4 is 10.6 Å². The predicted molar refractivity (Wildman–Crippen MR) is 144 cm³/mol. The first-order valence-corrected chi connectivity index (χ1v) is 12.5. The SMILES string of the molecule is C=C(NC(=O)C(=C)N1Cc2c(cccc2-c2ccc(NC(=O)C3CCN(C(C)=O)CC3)cc2)C1=O)C(=O)OC. The summed E-state index contributed by atoms with van der Waals surface area (Å²) in [5.41, 5.74) is 3.09. The van der Waals surface area contributed by atoms with Crippen LogP contribution in [0, 0.1) is 5.92 Å². The van der Waals surface area contributed by atoms with Gasteiger partial charge in [0.25, 0.3) is 11.8 Å². The zero-order chi connectivity index (χ0) is 28.3. The van der Waals surface area contributed by atoms with Gasteiger partial charge in [0.2, 0.25) is 11.8 Å². The number of likely N-dealkylation sites (tertiary alicyclic amines) is 1. The number of hydrogen-bond acceptors (Lipinski definition) is 6. The van der Waals surface area contributed by atoms with Crippen molar-refractivity contribution in [2.24, 2.45) is 5.92 Å². The fraction of sp³-hybridized carbons (Fsp3) is 0.276. The fourth-order valence-electron chi connectivity index (χ4n) is 4.76. The maximum Gasteiger partial charge on any atom is 0.353 e. The minimum atomic E-state index is -0.799. The summed E-state index contributed by atoms with van der Waals surface area (Å²) in [6.45, 7) is 10.0. The number of fused-ring (bicyclic) bond motifs is 1. The molecule has 2 N–H and O–H groups in total. The summed E-state index contributed by atoms with van der Waals surface area (Å²) in [4.78, 5) is 64.5. The Morgan fingerprint density at radius 3 is 2.23 bits per heavy atom. The van der Waals surface area contributed by atoms with E-state index in [2.05, 4.69) is 28.5 Å². The van der Waals surface area contributed by atoms with Gasteiger partial charge in [0, 0.05) is 37.2 Å². The summed E-state index contributed by atoms with van der Waals surface area (Å²) in [5, 5.41) is 5.26. The molecular formula is C29H30N4O6. The van der Waals surface area contributed by atoms with Crippen LogP contribution in [0.4, 0.5) is 5.69 Å². The number of amides is 4. The fourth-order valence-corrected chi connectivity index (χ4v) is 4.76. The van der Waals surface area contributed by atoms with Gasteiger partial charge in [-0.3, -0.25) is 24.1 Å². The van der Waals surface area contributed by atoms with E-state index in [1.54, 1.807) is 29.2 Å². The van der Waals surface area contributed by atoms with E-state index in [0.717, 1.165) is 23.8 Å². The number of carbonyl (C=O) groups excluding carboxylic acids is 5. The largest absolute Gasteiger partial charge is 0.464 e. The van der Waals surface area contributed by atoms with E-state index in [0.29, 0.717) is 37.2 Å². The molecule has 2 aromatic carbocycles. The molecule has 2 aliphatic heterocycles. The van der Waals surface area contributed by atoms with Gasteiger partial charge >= 0.3 is 5.97 Å². The van der Waals surface area contributed by atoms with Crippen LogP contribution >= 0.6 is 0 Å². The van der Waals surface area contributed by atoms with Gasteiger partial charge in [0.15, 0.2) is 0 Å². The highest BCUT2D eigenvalue weighted by molar-refractivity contribution is 6.08. The van der Waals surface area contributed by atoms with Gasteiger partial charge in [0.05, 0.1) is 13.7 Å². The average Bonchev–Trinajstić information content (AvgIpc) is 3.28. The number of carbonyl (C=O) groups is 5. The summed E-state index contributed by atoms with van der Waals surface area (Å²) in [6.07, 6.45) is 1.26. The van der Waals surface area contributed by atoms with Gasteiger partial charge in [-0.15, -0.1) is 0 Å². The van der Waals surface area contributed by atoms with Crippen LogP contribution in [0.3, 0.4) is 0 Å². The van der Waals surface area contributed by atoms with Crippen LogP contribution in [0.1, 0.15) is 35.7 Å². The van der Waals surface area contributed by atoms with Crippen LogP contribution in [0.25, 0.3) is 11.1 Å². The second-order valence-corrected chi connectivity index (χ2v) is 9.44. The first-order chi connectivity index (χ1) is 18.6. The lowest BCUT2D eigenvalue weighted by atomic mass is 9.95. The van der Waals surface area contributed by atoms with Gasteiger partial charge in [-0.25, -0.2) is 4.79 Å². The summed E-state index contributed by atoms with van der Waals surface area (Å²) < 4.78 is 4.53. The second-order valence-electron chi connectivity index (χ2n) is 9.44. The zero-order valence-corrected chi connectivity index (χ0v) is 21.9. The van der Waals surface area contributed by atoms with Crippen LogP contribution in [0.2, 0.25) is 0 Å². The Kier molecular flexibility index (Phi) is 7.94. The first kappa shape index (κ1) is 27.3. The molecule has 2 aromatic rings. The van der Waals surface area contributed by atoms with E-state index in [1.165, 1.54) is 11.8 Å². The molecule has 1 fully saturated rings. The van der Waals surface area contributed by atoms with E-state index >= 15 is 0 Å². The molecule has 2 heterocycles. The van der Waals surface area contributed by atoms with E-state index in [4.69, 9.17) is 0 Å². The van der Waals surface area contributed by atoms with E-state index in [1.807, 2.05) is 18.2 Å². The van der Waals surface area contributed by atoms with Crippen LogP contribution in [-0.4, -0.2) is 59.6 Å². The number of anilines is 1. The number of ether oxygens (including phenoxy) is 1. The van der Waals surface area contributed by atoms with E-state index in [9.17, 15) is 24.0 Å². The smallest absolute Gasteiger partial charge is 0.353 e. The Balaban J connectivity index is 1.44. The van der Waals surface area contributed by atoms with Crippen LogP contribution in [0.15, 0.2) is 67.0 Å². The van der Waals surface area contributed by atoms with Gasteiger partial charge < -0.3 is 20.3 Å². The highest BCUT2D eigenvalue weighted by Crippen LogP contribution is 2.34. The Labute approximate surface area is 226 Å². The van der Waals surface area contributed by atoms with Crippen molar-refractivity contribution in [1.29, 1.82) is 0 Å². The lowest BCUT2D eigenvalue weighted by molar-refractivity contribution is -0.137. The molecule has 0 unspecified atom stereocenters. The zero-order valence-electron chi connectivity index (χ0n) is 21.9. The van der Waals surface area contributed by atoms with Gasteiger partial charge in [-0.1, -0.05) is 37.4 Å². The Bertz CT molecular complexity index is 1370. The van der Waals surface area contributed by atoms with Gasteiger partial charge in [-0.05, 0) is 47.7 Å². The maximum atomic E-state index is 13.1. The third kappa shape index (κ3) is 5.74. The number of nitrogens with one attached hydrogen (secondary N) is 2. The quantitative estimate of drug-likeness (QED) is 0.419. The van der Waals surface area contributed by atoms with E-state index < -0.39 is 11.9 Å². The Hall–Kier alpha value is -4.73. The standard InChI is InChI=1S/C29H30N4O6/c1-17(29(38)39-4)30-26(35)18(2)33-16-25-23(6-5-7-24(25)28(33)37)20-8-10-22(11-9-20)31-27(36)21-12-14-32(15-13-21)19(3)34/h5-11,21H,1-2,12-16H2,3-4H3,(H,30,35)(H,31,36). The molecule has 4 rings (SSSR count). The minimum Gasteiger partial charge on any atom is -0.464 e. The number of nitrogens with zero attached hydrogens (tertiary/aromatic N) is 2. The lowest BCUT2D eigenvalue weighted by Crippen LogP contribution is -2.40. The lowest BCUT2D eigenvalue weighted by Gasteiger charge is -2.30. The number of benzene rings is 2. The van der Waals surface area contributed by atoms with Crippen molar-refractivity contribution < 1.29 is 28.7 Å². The molecule has 0 saturated carbocycles. The molecule has 39 heavy (non-hydrogen) atoms. The topological polar surface area (TPSA) is 125 Å². The molecule has 10 heteroatoms. The van der Waals surface area contributed by atoms with Gasteiger partial charge in [-0.2, -0.15) is 0 Å². The maximum absolute atomic E-state index is 13.1. The molecule has 0 spiro atoms. The summed E-state index contributed by atoms with van der Waals surface area (Å²) in [6, 6.07) is 12.7. The molecule has 0 aromatic heterocycles. The third-order valence-electron chi connectivity index (χ3n) is 7.03. The molecule has 4 amide bonds. The number of hydrogen-bond donors (Lipinski definition) is 2. The van der Waals surface area contributed by atoms with Crippen LogP contribution in [0.5, 0.6) is 0 Å². The monoisotopic (exact) mass is 530 g/mol. The molecule has 0 aliphatic carbocycles. The van der Waals surface area contributed by atoms with Crippen molar-refractivity contribution in [3.05, 3.63) is 78.1 Å². The number of esters is 1. The highest BCUT2D eigenvalue weighted by atomic mass is 16.5. The van der Waals surface area contributed by atoms with E-state index in [-0.39, 0.29) is 41.6 Å². The summed E-state index contributed by atoms with van der Waals surface area (Å²) in [7, 11) is 1.16. The third-order valence-corrected chi connectivity index (χ3v) is 7.03. The van der Waals surface area contributed by atoms with Gasteiger partial charge in [0.1, 0.15) is 11.4 Å². The highest BCUT2D eigenvalue weighted by Gasteiger charge is 2.34. The molecule has 2 aliphatic rings. The van der Waals surface area contributed by atoms with Crippen LogP contribution in [-0.2, 0) is 30.5 Å². The van der Waals surface area contributed by atoms with Crippen molar-refractivity contribution in [3.8, 4) is 11.1 Å². The molecule has 0 bridgehead atoms. The van der Waals surface area contributed by atoms with Crippen molar-refractivity contribution in [2.75, 3.05) is 25.5 Å². The second kappa shape index (κ2) is 11.3. The Morgan fingerprint density at radius 1 is 0.974 bits per heavy atom. The molecule has 202 valence electrons. The molecule has 0 radical (unpaired) electrons. The number of rotatable bonds is 7. The molecule has 1 saturated heterocycles. The average molecular weight is 531 g/mol. The van der Waals surface area contributed by atoms with Crippen molar-refractivity contribution >= 4 is 35.3 Å². The molecule has 10 nitrogen and oxygen atoms in total. The molecular weight excluding hydrogens is 500 g/mol. The predicted octanol–water partition coefficient (Wildman–Crippen LogP) is 2.82. The van der Waals surface area contributed by atoms with Crippen molar-refractivity contribution in [2.45, 2.75) is 26.3 Å². The minimum absolute atomic E-state index is 0.0266. The summed E-state index contributed by atoms with van der Waals surface area (Å²) >= 11 is 0.